The first-order valence-corrected chi connectivity index (χ1v) is 9.64. The zero-order valence-electron chi connectivity index (χ0n) is 15.1. The molecule has 0 aromatic heterocycles. The maximum atomic E-state index is 13.2. The molecule has 26 heavy (non-hydrogen) atoms. The summed E-state index contributed by atoms with van der Waals surface area (Å²) in [7, 11) is 1.46. The number of fused-ring (bicyclic) bond motifs is 2. The Balaban J connectivity index is 1.65. The largest absolute Gasteiger partial charge is 0.468 e. The van der Waals surface area contributed by atoms with E-state index < -0.39 is 16.9 Å². The Morgan fingerprint density at radius 1 is 1.42 bits per heavy atom. The second-order valence-electron chi connectivity index (χ2n) is 8.65. The molecule has 1 saturated carbocycles. The van der Waals surface area contributed by atoms with Gasteiger partial charge in [-0.25, -0.2) is 0 Å². The molecule has 5 aliphatic heterocycles. The standard InChI is InChI=1S/C21H24N2O3/c1-3-11-10-23-15-8-13(11)21(19(25)26-2)16(23)9-20(18(21)24)12-6-4-5-7-14(12)22-17(15)20/h3-7,13,15-18,22,24H,8-10H2,1-2H3/b11-3-/t13-,15?,16-,17-,18-,20+,21?/m0/s1. The molecular weight excluding hydrogens is 328 g/mol. The van der Waals surface area contributed by atoms with Gasteiger partial charge in [0, 0.05) is 35.6 Å². The van der Waals surface area contributed by atoms with Crippen LogP contribution in [0.25, 0.3) is 0 Å². The lowest BCUT2D eigenvalue weighted by Crippen LogP contribution is -2.71. The van der Waals surface area contributed by atoms with Crippen LogP contribution in [0.1, 0.15) is 25.3 Å². The molecule has 3 unspecified atom stereocenters. The summed E-state index contributed by atoms with van der Waals surface area (Å²) >= 11 is 0. The van der Waals surface area contributed by atoms with Gasteiger partial charge in [-0.1, -0.05) is 29.8 Å². The summed E-state index contributed by atoms with van der Waals surface area (Å²) in [5.41, 5.74) is 2.34. The summed E-state index contributed by atoms with van der Waals surface area (Å²) in [6, 6.07) is 8.89. The Morgan fingerprint density at radius 3 is 3.00 bits per heavy atom. The third-order valence-corrected chi connectivity index (χ3v) is 8.30. The zero-order chi connectivity index (χ0) is 17.8. The third kappa shape index (κ3) is 1.28. The van der Waals surface area contributed by atoms with Crippen molar-refractivity contribution in [1.29, 1.82) is 0 Å². The third-order valence-electron chi connectivity index (χ3n) is 8.30. The molecule has 5 bridgehead atoms. The van der Waals surface area contributed by atoms with Crippen LogP contribution in [0.4, 0.5) is 5.69 Å². The molecule has 1 spiro atoms. The summed E-state index contributed by atoms with van der Waals surface area (Å²) in [5.74, 6) is -0.154. The number of aliphatic hydroxyl groups excluding tert-OH is 1. The highest BCUT2D eigenvalue weighted by Gasteiger charge is 2.82. The molecule has 8 atom stereocenters. The van der Waals surface area contributed by atoms with E-state index in [1.54, 1.807) is 0 Å². The predicted molar refractivity (Wildman–Crippen MR) is 96.7 cm³/mol. The minimum absolute atomic E-state index is 0.0570. The SMILES string of the molecule is C/C=C1/CN2C3C[C@@H]1C1(C(=O)OC)[C@@H]2C[C@]2(c4ccccc4N[C@@H]32)[C@@H]1O. The van der Waals surface area contributed by atoms with Crippen molar-refractivity contribution in [3.05, 3.63) is 41.5 Å². The van der Waals surface area contributed by atoms with Crippen molar-refractivity contribution in [2.75, 3.05) is 19.0 Å². The molecular formula is C21H24N2O3. The van der Waals surface area contributed by atoms with Gasteiger partial charge in [-0.2, -0.15) is 0 Å². The Hall–Kier alpha value is -1.85. The Morgan fingerprint density at radius 2 is 2.23 bits per heavy atom. The fourth-order valence-electron chi connectivity index (χ4n) is 7.49. The van der Waals surface area contributed by atoms with E-state index in [2.05, 4.69) is 35.3 Å². The number of nitrogens with zero attached hydrogens (tertiary/aromatic N) is 1. The topological polar surface area (TPSA) is 61.8 Å². The molecule has 5 heteroatoms. The highest BCUT2D eigenvalue weighted by atomic mass is 16.5. The molecule has 136 valence electrons. The first-order valence-electron chi connectivity index (χ1n) is 9.64. The predicted octanol–water partition coefficient (Wildman–Crippen LogP) is 1.68. The number of esters is 1. The highest BCUT2D eigenvalue weighted by molar-refractivity contribution is 5.84. The Bertz CT molecular complexity index is 867. The van der Waals surface area contributed by atoms with Crippen LogP contribution in [0, 0.1) is 11.3 Å². The van der Waals surface area contributed by atoms with Gasteiger partial charge in [0.2, 0.25) is 0 Å². The minimum atomic E-state index is -0.848. The number of para-hydroxylation sites is 1. The summed E-state index contributed by atoms with van der Waals surface area (Å²) in [6.45, 7) is 2.96. The van der Waals surface area contributed by atoms with E-state index >= 15 is 0 Å². The highest BCUT2D eigenvalue weighted by Crippen LogP contribution is 2.71. The van der Waals surface area contributed by atoms with E-state index in [9.17, 15) is 9.90 Å². The number of benzene rings is 1. The second kappa shape index (κ2) is 4.52. The van der Waals surface area contributed by atoms with Gasteiger partial charge in [0.15, 0.2) is 0 Å². The van der Waals surface area contributed by atoms with Gasteiger partial charge in [-0.05, 0) is 31.4 Å². The molecule has 1 aromatic rings. The first kappa shape index (κ1) is 15.2. The number of carbonyl (C=O) groups excluding carboxylic acids is 1. The lowest BCUT2D eigenvalue weighted by Gasteiger charge is -2.60. The number of nitrogens with one attached hydrogen (secondary N) is 1. The lowest BCUT2D eigenvalue weighted by molar-refractivity contribution is -0.179. The molecule has 4 saturated heterocycles. The van der Waals surface area contributed by atoms with E-state index in [0.717, 1.165) is 25.1 Å². The van der Waals surface area contributed by atoms with Crippen LogP contribution >= 0.6 is 0 Å². The number of ether oxygens (including phenoxy) is 1. The van der Waals surface area contributed by atoms with Crippen LogP contribution in [-0.2, 0) is 14.9 Å². The van der Waals surface area contributed by atoms with Crippen molar-refractivity contribution < 1.29 is 14.6 Å². The van der Waals surface area contributed by atoms with E-state index in [1.807, 2.05) is 12.1 Å². The number of rotatable bonds is 1. The number of carbonyl (C=O) groups is 1. The van der Waals surface area contributed by atoms with Crippen molar-refractivity contribution in [3.8, 4) is 0 Å². The molecule has 0 amide bonds. The van der Waals surface area contributed by atoms with Crippen molar-refractivity contribution in [3.63, 3.8) is 0 Å². The maximum absolute atomic E-state index is 13.2. The van der Waals surface area contributed by atoms with Gasteiger partial charge in [0.05, 0.1) is 19.3 Å². The molecule has 5 heterocycles. The number of methoxy groups -OCH3 is 1. The average Bonchev–Trinajstić information content (AvgIpc) is 3.13. The van der Waals surface area contributed by atoms with Crippen molar-refractivity contribution >= 4 is 11.7 Å². The van der Waals surface area contributed by atoms with Crippen molar-refractivity contribution in [1.82, 2.24) is 4.90 Å². The van der Waals surface area contributed by atoms with E-state index in [1.165, 1.54) is 18.2 Å². The number of piperidine rings is 4. The van der Waals surface area contributed by atoms with Crippen LogP contribution < -0.4 is 5.32 Å². The van der Waals surface area contributed by atoms with Crippen molar-refractivity contribution in [2.24, 2.45) is 11.3 Å². The van der Waals surface area contributed by atoms with Crippen LogP contribution in [0.15, 0.2) is 35.9 Å². The number of aliphatic hydroxyl groups is 1. The van der Waals surface area contributed by atoms with Crippen LogP contribution in [-0.4, -0.2) is 53.9 Å². The molecule has 0 radical (unpaired) electrons. The lowest BCUT2D eigenvalue weighted by atomic mass is 9.58. The molecule has 1 aliphatic carbocycles. The fraction of sp³-hybridized carbons (Fsp3) is 0.571. The number of hydrogen-bond donors (Lipinski definition) is 2. The van der Waals surface area contributed by atoms with Crippen molar-refractivity contribution in [2.45, 2.75) is 49.4 Å². The van der Waals surface area contributed by atoms with E-state index in [-0.39, 0.29) is 24.0 Å². The van der Waals surface area contributed by atoms with Gasteiger partial charge in [-0.15, -0.1) is 0 Å². The van der Waals surface area contributed by atoms with Crippen LogP contribution in [0.5, 0.6) is 0 Å². The van der Waals surface area contributed by atoms with Gasteiger partial charge in [-0.3, -0.25) is 9.69 Å². The monoisotopic (exact) mass is 352 g/mol. The molecule has 5 fully saturated rings. The summed E-state index contributed by atoms with van der Waals surface area (Å²) < 4.78 is 5.34. The van der Waals surface area contributed by atoms with Crippen LogP contribution in [0.3, 0.4) is 0 Å². The van der Waals surface area contributed by atoms with E-state index in [0.29, 0.717) is 6.04 Å². The average molecular weight is 352 g/mol. The van der Waals surface area contributed by atoms with Gasteiger partial charge < -0.3 is 15.2 Å². The maximum Gasteiger partial charge on any atom is 0.316 e. The number of anilines is 1. The quantitative estimate of drug-likeness (QED) is 0.595. The Kier molecular flexibility index (Phi) is 2.65. The van der Waals surface area contributed by atoms with Gasteiger partial charge in [0.25, 0.3) is 0 Å². The second-order valence-corrected chi connectivity index (χ2v) is 8.65. The first-order chi connectivity index (χ1) is 12.6. The molecule has 2 N–H and O–H groups in total. The molecule has 7 rings (SSSR count). The van der Waals surface area contributed by atoms with Gasteiger partial charge >= 0.3 is 5.97 Å². The fourth-order valence-corrected chi connectivity index (χ4v) is 7.49. The van der Waals surface area contributed by atoms with Crippen LogP contribution in [0.2, 0.25) is 0 Å². The number of allylic oxidation sites excluding steroid dienone is 1. The molecule has 1 aromatic carbocycles. The zero-order valence-corrected chi connectivity index (χ0v) is 15.1. The summed E-state index contributed by atoms with van der Waals surface area (Å²) in [5, 5.41) is 15.6. The Labute approximate surface area is 153 Å². The molecule has 5 nitrogen and oxygen atoms in total. The smallest absolute Gasteiger partial charge is 0.316 e. The summed E-state index contributed by atoms with van der Waals surface area (Å²) in [6.07, 6.45) is 3.15. The summed E-state index contributed by atoms with van der Waals surface area (Å²) in [4.78, 5) is 15.7. The number of hydrogen-bond acceptors (Lipinski definition) is 5. The minimum Gasteiger partial charge on any atom is -0.468 e. The normalized spacial score (nSPS) is 50.5. The molecule has 6 aliphatic rings. The van der Waals surface area contributed by atoms with Gasteiger partial charge in [0.1, 0.15) is 5.41 Å². The van der Waals surface area contributed by atoms with E-state index in [4.69, 9.17) is 4.74 Å².